The Balaban J connectivity index is 1.59. The molecule has 3 heterocycles. The van der Waals surface area contributed by atoms with Gasteiger partial charge in [-0.2, -0.15) is 10.2 Å². The first kappa shape index (κ1) is 21.0. The summed E-state index contributed by atoms with van der Waals surface area (Å²) in [5.41, 5.74) is 6.05. The molecule has 0 spiro atoms. The molecule has 0 radical (unpaired) electrons. The highest BCUT2D eigenvalue weighted by Crippen LogP contribution is 2.44. The minimum absolute atomic E-state index is 0.0182. The third kappa shape index (κ3) is 3.49. The van der Waals surface area contributed by atoms with Crippen molar-refractivity contribution >= 4 is 23.2 Å². The minimum Gasteiger partial charge on any atom is -0.494 e. The maximum Gasteiger partial charge on any atom is 0.273 e. The SMILES string of the molecule is CNC(=O)C1=NNC(C)(NC(=O)C2CC2)C2=C1Nc1c(ccc(-c3ncn(C)n3)c1OC)C2. The lowest BCUT2D eigenvalue weighted by atomic mass is 9.85. The van der Waals surface area contributed by atoms with E-state index in [0.717, 1.165) is 35.2 Å². The summed E-state index contributed by atoms with van der Waals surface area (Å²) in [5.74, 6) is 0.780. The van der Waals surface area contributed by atoms with Crippen molar-refractivity contribution in [1.29, 1.82) is 0 Å². The van der Waals surface area contributed by atoms with Crippen LogP contribution in [-0.2, 0) is 23.1 Å². The zero-order valence-electron chi connectivity index (χ0n) is 18.9. The molecule has 3 aliphatic rings. The fourth-order valence-corrected chi connectivity index (χ4v) is 4.24. The van der Waals surface area contributed by atoms with E-state index in [4.69, 9.17) is 4.74 Å². The number of anilines is 1. The number of nitrogens with zero attached hydrogens (tertiary/aromatic N) is 4. The minimum atomic E-state index is -0.939. The fourth-order valence-electron chi connectivity index (χ4n) is 4.24. The van der Waals surface area contributed by atoms with Crippen LogP contribution in [0.2, 0.25) is 0 Å². The molecule has 0 bridgehead atoms. The van der Waals surface area contributed by atoms with Gasteiger partial charge in [-0.25, -0.2) is 4.98 Å². The van der Waals surface area contributed by atoms with E-state index >= 15 is 0 Å². The summed E-state index contributed by atoms with van der Waals surface area (Å²) in [4.78, 5) is 29.6. The Morgan fingerprint density at radius 1 is 1.30 bits per heavy atom. The lowest BCUT2D eigenvalue weighted by Gasteiger charge is -2.41. The number of nitrogens with one attached hydrogen (secondary N) is 4. The van der Waals surface area contributed by atoms with Gasteiger partial charge in [0, 0.05) is 32.0 Å². The number of hydrazone groups is 1. The number of benzene rings is 1. The summed E-state index contributed by atoms with van der Waals surface area (Å²) in [7, 11) is 4.94. The van der Waals surface area contributed by atoms with Gasteiger partial charge in [-0.3, -0.25) is 19.7 Å². The lowest BCUT2D eigenvalue weighted by molar-refractivity contribution is -0.124. The van der Waals surface area contributed by atoms with Gasteiger partial charge >= 0.3 is 0 Å². The maximum atomic E-state index is 12.6. The molecule has 11 heteroatoms. The molecule has 2 aromatic rings. The molecule has 172 valence electrons. The molecular weight excluding hydrogens is 424 g/mol. The average Bonchev–Trinajstić information content (AvgIpc) is 3.58. The first-order valence-electron chi connectivity index (χ1n) is 10.8. The van der Waals surface area contributed by atoms with Crippen molar-refractivity contribution in [2.24, 2.45) is 18.1 Å². The predicted octanol–water partition coefficient (Wildman–Crippen LogP) is 0.660. The maximum absolute atomic E-state index is 12.6. The number of carbonyl (C=O) groups excluding carboxylic acids is 2. The monoisotopic (exact) mass is 450 g/mol. The van der Waals surface area contributed by atoms with Gasteiger partial charge in [-0.05, 0) is 31.4 Å². The third-order valence-corrected chi connectivity index (χ3v) is 6.20. The molecule has 1 aromatic carbocycles. The van der Waals surface area contributed by atoms with E-state index in [2.05, 4.69) is 36.6 Å². The smallest absolute Gasteiger partial charge is 0.273 e. The summed E-state index contributed by atoms with van der Waals surface area (Å²) in [6.45, 7) is 1.86. The van der Waals surface area contributed by atoms with Gasteiger partial charge in [0.05, 0.1) is 24.1 Å². The van der Waals surface area contributed by atoms with Crippen molar-refractivity contribution in [2.45, 2.75) is 31.8 Å². The number of aromatic nitrogens is 3. The molecule has 1 aliphatic carbocycles. The van der Waals surface area contributed by atoms with Gasteiger partial charge in [0.1, 0.15) is 12.0 Å². The number of hydrogen-bond donors (Lipinski definition) is 4. The number of hydrogen-bond acceptors (Lipinski definition) is 8. The van der Waals surface area contributed by atoms with Crippen LogP contribution in [0.25, 0.3) is 11.4 Å². The number of methoxy groups -OCH3 is 1. The second-order valence-electron chi connectivity index (χ2n) is 8.62. The van der Waals surface area contributed by atoms with E-state index in [1.807, 2.05) is 19.1 Å². The first-order chi connectivity index (χ1) is 15.8. The topological polar surface area (TPSA) is 135 Å². The zero-order valence-corrected chi connectivity index (χ0v) is 18.9. The molecule has 1 unspecified atom stereocenters. The second kappa shape index (κ2) is 7.61. The first-order valence-corrected chi connectivity index (χ1v) is 10.8. The van der Waals surface area contributed by atoms with Crippen molar-refractivity contribution < 1.29 is 14.3 Å². The van der Waals surface area contributed by atoms with E-state index in [-0.39, 0.29) is 23.4 Å². The molecule has 0 saturated heterocycles. The molecule has 11 nitrogen and oxygen atoms in total. The predicted molar refractivity (Wildman–Crippen MR) is 121 cm³/mol. The molecule has 4 N–H and O–H groups in total. The Hall–Kier alpha value is -3.89. The standard InChI is InChI=1S/C22H26N8O3/c1-22(26-20(31)11-5-6-11)14-9-12-7-8-13(19-24-10-30(3)28-19)18(33-4)15(12)25-16(14)17(27-29-22)21(32)23-2/h7-8,10-11,25,29H,5-6,9H2,1-4H3,(H,23,32)(H,26,31). The molecule has 1 atom stereocenters. The van der Waals surface area contributed by atoms with Crippen LogP contribution in [0.5, 0.6) is 5.75 Å². The van der Waals surface area contributed by atoms with Crippen molar-refractivity contribution in [2.75, 3.05) is 19.5 Å². The Kier molecular flexibility index (Phi) is 4.84. The van der Waals surface area contributed by atoms with Gasteiger partial charge in [0.15, 0.2) is 17.3 Å². The van der Waals surface area contributed by atoms with E-state index in [0.29, 0.717) is 23.7 Å². The molecule has 2 aliphatic heterocycles. The van der Waals surface area contributed by atoms with Crippen molar-refractivity contribution in [3.05, 3.63) is 35.3 Å². The van der Waals surface area contributed by atoms with Gasteiger partial charge in [-0.1, -0.05) is 6.07 Å². The van der Waals surface area contributed by atoms with E-state index < -0.39 is 5.66 Å². The Bertz CT molecular complexity index is 1230. The van der Waals surface area contributed by atoms with Crippen LogP contribution in [0.1, 0.15) is 25.3 Å². The highest BCUT2D eigenvalue weighted by molar-refractivity contribution is 6.46. The largest absolute Gasteiger partial charge is 0.494 e. The normalized spacial score (nSPS) is 21.2. The molecule has 33 heavy (non-hydrogen) atoms. The quantitative estimate of drug-likeness (QED) is 0.526. The van der Waals surface area contributed by atoms with E-state index in [1.165, 1.54) is 0 Å². The van der Waals surface area contributed by atoms with Crippen LogP contribution >= 0.6 is 0 Å². The molecule has 1 aromatic heterocycles. The number of carbonyl (C=O) groups is 2. The second-order valence-corrected chi connectivity index (χ2v) is 8.62. The van der Waals surface area contributed by atoms with Crippen LogP contribution in [-0.4, -0.2) is 52.1 Å². The average molecular weight is 451 g/mol. The number of amides is 2. The van der Waals surface area contributed by atoms with Gasteiger partial charge in [0.2, 0.25) is 5.91 Å². The van der Waals surface area contributed by atoms with Crippen LogP contribution in [0.3, 0.4) is 0 Å². The summed E-state index contributed by atoms with van der Waals surface area (Å²) in [6.07, 6.45) is 3.89. The van der Waals surface area contributed by atoms with Gasteiger partial charge in [0.25, 0.3) is 5.91 Å². The molecule has 5 rings (SSSR count). The van der Waals surface area contributed by atoms with Crippen molar-refractivity contribution in [3.8, 4) is 17.1 Å². The molecular formula is C22H26N8O3. The molecule has 2 amide bonds. The van der Waals surface area contributed by atoms with Gasteiger partial charge in [-0.15, -0.1) is 0 Å². The number of rotatable bonds is 5. The third-order valence-electron chi connectivity index (χ3n) is 6.20. The van der Waals surface area contributed by atoms with Gasteiger partial charge < -0.3 is 20.7 Å². The Morgan fingerprint density at radius 3 is 2.73 bits per heavy atom. The van der Waals surface area contributed by atoms with Crippen molar-refractivity contribution in [1.82, 2.24) is 30.8 Å². The van der Waals surface area contributed by atoms with E-state index in [1.54, 1.807) is 32.2 Å². The summed E-state index contributed by atoms with van der Waals surface area (Å²) >= 11 is 0. The lowest BCUT2D eigenvalue weighted by Crippen LogP contribution is -2.61. The van der Waals surface area contributed by atoms with Crippen LogP contribution in [0.4, 0.5) is 5.69 Å². The number of aryl methyl sites for hydroxylation is 1. The van der Waals surface area contributed by atoms with Crippen LogP contribution in [0.15, 0.2) is 34.8 Å². The zero-order chi connectivity index (χ0) is 23.3. The summed E-state index contributed by atoms with van der Waals surface area (Å²) < 4.78 is 7.39. The van der Waals surface area contributed by atoms with Crippen LogP contribution < -0.4 is 26.1 Å². The Labute approximate surface area is 190 Å². The highest BCUT2D eigenvalue weighted by atomic mass is 16.5. The molecule has 1 fully saturated rings. The summed E-state index contributed by atoms with van der Waals surface area (Å²) in [6, 6.07) is 3.90. The number of fused-ring (bicyclic) bond motifs is 1. The summed E-state index contributed by atoms with van der Waals surface area (Å²) in [5, 5.41) is 17.8. The van der Waals surface area contributed by atoms with Crippen molar-refractivity contribution in [3.63, 3.8) is 0 Å². The number of ether oxygens (including phenoxy) is 1. The molecule has 1 saturated carbocycles. The Morgan fingerprint density at radius 2 is 2.09 bits per heavy atom. The fraction of sp³-hybridized carbons (Fsp3) is 0.409. The van der Waals surface area contributed by atoms with E-state index in [9.17, 15) is 9.59 Å². The van der Waals surface area contributed by atoms with Crippen LogP contribution in [0, 0.1) is 5.92 Å². The highest BCUT2D eigenvalue weighted by Gasteiger charge is 2.44.